The summed E-state index contributed by atoms with van der Waals surface area (Å²) in [5.74, 6) is -0.748. The van der Waals surface area contributed by atoms with E-state index in [1.807, 2.05) is 40.7 Å². The first-order valence-corrected chi connectivity index (χ1v) is 13.4. The summed E-state index contributed by atoms with van der Waals surface area (Å²) in [5, 5.41) is 3.43. The van der Waals surface area contributed by atoms with Gasteiger partial charge in [-0.25, -0.2) is 8.42 Å². The third kappa shape index (κ3) is 7.74. The first kappa shape index (κ1) is 27.7. The number of nitrogens with one attached hydrogen (secondary N) is 1. The van der Waals surface area contributed by atoms with E-state index in [9.17, 15) is 18.0 Å². The molecule has 0 unspecified atom stereocenters. The maximum atomic E-state index is 13.6. The lowest BCUT2D eigenvalue weighted by molar-refractivity contribution is -0.140. The van der Waals surface area contributed by atoms with Crippen molar-refractivity contribution in [2.24, 2.45) is 0 Å². The largest absolute Gasteiger partial charge is 0.352 e. The molecule has 0 fully saturated rings. The number of benzene rings is 2. The molecule has 1 atom stereocenters. The average Bonchev–Trinajstić information content (AvgIpc) is 2.71. The SMILES string of the molecule is CC[C@@H](C(=O)NC(C)C)N(Cc1ccc(Cl)cc1)C(=O)CN(c1cc(C)cc(C)c1)S(C)(=O)=O. The minimum Gasteiger partial charge on any atom is -0.352 e. The Morgan fingerprint density at radius 1 is 1.03 bits per heavy atom. The molecular weight excluding hydrogens is 474 g/mol. The van der Waals surface area contributed by atoms with Crippen LogP contribution in [0.2, 0.25) is 5.02 Å². The lowest BCUT2D eigenvalue weighted by Gasteiger charge is -2.33. The predicted octanol–water partition coefficient (Wildman–Crippen LogP) is 4.05. The summed E-state index contributed by atoms with van der Waals surface area (Å²) < 4.78 is 26.5. The molecule has 0 aliphatic rings. The topological polar surface area (TPSA) is 86.8 Å². The van der Waals surface area contributed by atoms with Gasteiger partial charge in [0.05, 0.1) is 11.9 Å². The fraction of sp³-hybridized carbons (Fsp3) is 0.440. The molecule has 0 radical (unpaired) electrons. The van der Waals surface area contributed by atoms with Gasteiger partial charge in [-0.3, -0.25) is 13.9 Å². The van der Waals surface area contributed by atoms with Crippen LogP contribution in [0.5, 0.6) is 0 Å². The van der Waals surface area contributed by atoms with Crippen molar-refractivity contribution < 1.29 is 18.0 Å². The second-order valence-electron chi connectivity index (χ2n) is 8.85. The molecular formula is C25H34ClN3O4S. The normalized spacial score (nSPS) is 12.4. The number of sulfonamides is 1. The average molecular weight is 508 g/mol. The summed E-state index contributed by atoms with van der Waals surface area (Å²) in [7, 11) is -3.76. The van der Waals surface area contributed by atoms with Crippen LogP contribution >= 0.6 is 11.6 Å². The van der Waals surface area contributed by atoms with Gasteiger partial charge in [-0.2, -0.15) is 0 Å². The van der Waals surface area contributed by atoms with Gasteiger partial charge in [-0.15, -0.1) is 0 Å². The van der Waals surface area contributed by atoms with Gasteiger partial charge in [-0.1, -0.05) is 36.7 Å². The molecule has 2 rings (SSSR count). The number of anilines is 1. The van der Waals surface area contributed by atoms with Gasteiger partial charge in [0.25, 0.3) is 0 Å². The van der Waals surface area contributed by atoms with E-state index in [0.717, 1.165) is 27.3 Å². The summed E-state index contributed by atoms with van der Waals surface area (Å²) >= 11 is 6.00. The maximum Gasteiger partial charge on any atom is 0.244 e. The molecule has 34 heavy (non-hydrogen) atoms. The maximum absolute atomic E-state index is 13.6. The van der Waals surface area contributed by atoms with Gasteiger partial charge < -0.3 is 10.2 Å². The quantitative estimate of drug-likeness (QED) is 0.525. The number of aryl methyl sites for hydroxylation is 2. The minimum absolute atomic E-state index is 0.100. The molecule has 2 aromatic carbocycles. The second kappa shape index (κ2) is 11.7. The van der Waals surface area contributed by atoms with Crippen molar-refractivity contribution >= 4 is 39.1 Å². The van der Waals surface area contributed by atoms with Crippen LogP contribution in [0.3, 0.4) is 0 Å². The third-order valence-corrected chi connectivity index (χ3v) is 6.65. The summed E-state index contributed by atoms with van der Waals surface area (Å²) in [4.78, 5) is 28.0. The van der Waals surface area contributed by atoms with E-state index in [2.05, 4.69) is 5.32 Å². The van der Waals surface area contributed by atoms with Crippen LogP contribution in [0.25, 0.3) is 0 Å². The predicted molar refractivity (Wildman–Crippen MR) is 137 cm³/mol. The first-order chi connectivity index (χ1) is 15.8. The monoisotopic (exact) mass is 507 g/mol. The molecule has 7 nitrogen and oxygen atoms in total. The van der Waals surface area contributed by atoms with Crippen molar-refractivity contribution in [3.05, 3.63) is 64.2 Å². The Labute approximate surface area is 208 Å². The van der Waals surface area contributed by atoms with Crippen molar-refractivity contribution in [1.29, 1.82) is 0 Å². The van der Waals surface area contributed by atoms with Gasteiger partial charge in [0.1, 0.15) is 12.6 Å². The Morgan fingerprint density at radius 2 is 1.59 bits per heavy atom. The van der Waals surface area contributed by atoms with E-state index in [0.29, 0.717) is 17.1 Å². The van der Waals surface area contributed by atoms with Gasteiger partial charge in [0.2, 0.25) is 21.8 Å². The number of nitrogens with zero attached hydrogens (tertiary/aromatic N) is 2. The highest BCUT2D eigenvalue weighted by Crippen LogP contribution is 2.23. The van der Waals surface area contributed by atoms with Crippen molar-refractivity contribution in [3.8, 4) is 0 Å². The number of hydrogen-bond donors (Lipinski definition) is 1. The number of carbonyl (C=O) groups is 2. The van der Waals surface area contributed by atoms with Gasteiger partial charge in [0.15, 0.2) is 0 Å². The van der Waals surface area contributed by atoms with E-state index in [1.165, 1.54) is 4.90 Å². The summed E-state index contributed by atoms with van der Waals surface area (Å²) in [6.07, 6.45) is 1.45. The first-order valence-electron chi connectivity index (χ1n) is 11.2. The zero-order valence-corrected chi connectivity index (χ0v) is 22.2. The van der Waals surface area contributed by atoms with Crippen molar-refractivity contribution in [1.82, 2.24) is 10.2 Å². The zero-order chi connectivity index (χ0) is 25.6. The molecule has 0 heterocycles. The highest BCUT2D eigenvalue weighted by Gasteiger charge is 2.32. The van der Waals surface area contributed by atoms with E-state index >= 15 is 0 Å². The highest BCUT2D eigenvalue weighted by molar-refractivity contribution is 7.92. The molecule has 9 heteroatoms. The molecule has 2 amide bonds. The Hall–Kier alpha value is -2.58. The molecule has 0 bridgehead atoms. The number of halogens is 1. The fourth-order valence-electron chi connectivity index (χ4n) is 3.80. The third-order valence-electron chi connectivity index (χ3n) is 5.26. The fourth-order valence-corrected chi connectivity index (χ4v) is 4.75. The Kier molecular flexibility index (Phi) is 9.53. The van der Waals surface area contributed by atoms with Gasteiger partial charge >= 0.3 is 0 Å². The molecule has 0 aromatic heterocycles. The minimum atomic E-state index is -3.76. The lowest BCUT2D eigenvalue weighted by atomic mass is 10.1. The molecule has 186 valence electrons. The number of amides is 2. The molecule has 1 N–H and O–H groups in total. The summed E-state index contributed by atoms with van der Waals surface area (Å²) in [5.41, 5.74) is 2.97. The van der Waals surface area contributed by atoms with Crippen LogP contribution in [0.4, 0.5) is 5.69 Å². The van der Waals surface area contributed by atoms with Gasteiger partial charge in [-0.05, 0) is 75.1 Å². The Balaban J connectivity index is 2.46. The Morgan fingerprint density at radius 3 is 2.06 bits per heavy atom. The standard InChI is InChI=1S/C25H34ClN3O4S/c1-7-23(25(31)27-17(2)3)28(15-20-8-10-21(26)11-9-20)24(30)16-29(34(6,32)33)22-13-18(4)12-19(5)14-22/h8-14,17,23H,7,15-16H2,1-6H3,(H,27,31)/t23-/m0/s1. The van der Waals surface area contributed by atoms with Crippen molar-refractivity contribution in [2.75, 3.05) is 17.1 Å². The second-order valence-corrected chi connectivity index (χ2v) is 11.2. The Bertz CT molecular complexity index is 1100. The zero-order valence-electron chi connectivity index (χ0n) is 20.6. The van der Waals surface area contributed by atoms with E-state index < -0.39 is 28.5 Å². The van der Waals surface area contributed by atoms with Crippen molar-refractivity contribution in [3.63, 3.8) is 0 Å². The number of carbonyl (C=O) groups excluding carboxylic acids is 2. The van der Waals surface area contributed by atoms with Crippen molar-refractivity contribution in [2.45, 2.75) is 59.7 Å². The lowest BCUT2D eigenvalue weighted by Crippen LogP contribution is -2.53. The number of rotatable bonds is 10. The molecule has 0 aliphatic heterocycles. The summed E-state index contributed by atoms with van der Waals surface area (Å²) in [6, 6.07) is 11.5. The van der Waals surface area contributed by atoms with E-state index in [1.54, 1.807) is 36.4 Å². The molecule has 0 aliphatic carbocycles. The molecule has 0 saturated carbocycles. The smallest absolute Gasteiger partial charge is 0.244 e. The van der Waals surface area contributed by atoms with Crippen LogP contribution in [-0.4, -0.2) is 50.0 Å². The van der Waals surface area contributed by atoms with Crippen LogP contribution in [0.15, 0.2) is 42.5 Å². The highest BCUT2D eigenvalue weighted by atomic mass is 35.5. The van der Waals surface area contributed by atoms with E-state index in [4.69, 9.17) is 11.6 Å². The number of hydrogen-bond acceptors (Lipinski definition) is 4. The molecule has 0 saturated heterocycles. The van der Waals surface area contributed by atoms with Crippen LogP contribution in [-0.2, 0) is 26.2 Å². The van der Waals surface area contributed by atoms with Crippen LogP contribution in [0, 0.1) is 13.8 Å². The van der Waals surface area contributed by atoms with Crippen LogP contribution < -0.4 is 9.62 Å². The van der Waals surface area contributed by atoms with Gasteiger partial charge in [0, 0.05) is 17.6 Å². The molecule has 2 aromatic rings. The van der Waals surface area contributed by atoms with E-state index in [-0.39, 0.29) is 18.5 Å². The van der Waals surface area contributed by atoms with Crippen LogP contribution in [0.1, 0.15) is 43.9 Å². The molecule has 0 spiro atoms. The summed E-state index contributed by atoms with van der Waals surface area (Å²) in [6.45, 7) is 8.99.